The minimum atomic E-state index is -0.277. The van der Waals surface area contributed by atoms with Gasteiger partial charge in [0.25, 0.3) is 0 Å². The highest BCUT2D eigenvalue weighted by Crippen LogP contribution is 2.33. The van der Waals surface area contributed by atoms with Crippen LogP contribution in [0.1, 0.15) is 10.8 Å². The molecule has 1 aromatic heterocycles. The molecule has 0 aliphatic carbocycles. The van der Waals surface area contributed by atoms with Crippen LogP contribution in [-0.2, 0) is 0 Å². The smallest absolute Gasteiger partial charge is 0.0753 e. The molecular formula is C8H10ClNOS. The highest BCUT2D eigenvalue weighted by atomic mass is 35.5. The lowest BCUT2D eigenvalue weighted by Gasteiger charge is -2.11. The molecule has 0 unspecified atom stereocenters. The van der Waals surface area contributed by atoms with E-state index in [1.165, 1.54) is 0 Å². The van der Waals surface area contributed by atoms with Crippen LogP contribution < -0.4 is 5.32 Å². The molecule has 4 heteroatoms. The maximum absolute atomic E-state index is 9.57. The number of thiophene rings is 1. The van der Waals surface area contributed by atoms with Gasteiger partial charge in [0.2, 0.25) is 0 Å². The van der Waals surface area contributed by atoms with Crippen LogP contribution in [0.4, 0.5) is 0 Å². The van der Waals surface area contributed by atoms with Crippen molar-refractivity contribution in [1.29, 1.82) is 0 Å². The fourth-order valence-corrected chi connectivity index (χ4v) is 2.86. The second-order valence-corrected chi connectivity index (χ2v) is 4.32. The van der Waals surface area contributed by atoms with Gasteiger partial charge in [0, 0.05) is 23.9 Å². The molecular weight excluding hydrogens is 194 g/mol. The topological polar surface area (TPSA) is 32.3 Å². The summed E-state index contributed by atoms with van der Waals surface area (Å²) in [4.78, 5) is 1.11. The van der Waals surface area contributed by atoms with E-state index in [0.29, 0.717) is 6.54 Å². The Kier molecular flexibility index (Phi) is 2.37. The van der Waals surface area contributed by atoms with Gasteiger partial charge in [-0.15, -0.1) is 11.3 Å². The molecule has 2 rings (SSSR count). The van der Waals surface area contributed by atoms with Crippen LogP contribution in [0.2, 0.25) is 5.02 Å². The summed E-state index contributed by atoms with van der Waals surface area (Å²) >= 11 is 7.58. The van der Waals surface area contributed by atoms with Crippen LogP contribution in [0.3, 0.4) is 0 Å². The summed E-state index contributed by atoms with van der Waals surface area (Å²) in [5, 5.41) is 15.5. The summed E-state index contributed by atoms with van der Waals surface area (Å²) in [6.45, 7) is 1.51. The van der Waals surface area contributed by atoms with E-state index in [2.05, 4.69) is 5.32 Å². The second-order valence-electron chi connectivity index (χ2n) is 2.96. The Balaban J connectivity index is 2.24. The summed E-state index contributed by atoms with van der Waals surface area (Å²) in [5.74, 6) is 0.192. The van der Waals surface area contributed by atoms with Crippen LogP contribution in [-0.4, -0.2) is 24.3 Å². The fraction of sp³-hybridized carbons (Fsp3) is 0.500. The van der Waals surface area contributed by atoms with E-state index in [4.69, 9.17) is 11.6 Å². The third-order valence-electron chi connectivity index (χ3n) is 2.16. The molecule has 0 spiro atoms. The zero-order valence-corrected chi connectivity index (χ0v) is 8.03. The Morgan fingerprint density at radius 1 is 1.58 bits per heavy atom. The van der Waals surface area contributed by atoms with Crippen molar-refractivity contribution in [3.05, 3.63) is 21.3 Å². The third-order valence-corrected chi connectivity index (χ3v) is 3.65. The molecule has 1 aromatic rings. The highest BCUT2D eigenvalue weighted by molar-refractivity contribution is 7.10. The summed E-state index contributed by atoms with van der Waals surface area (Å²) in [7, 11) is 0. The zero-order valence-electron chi connectivity index (χ0n) is 6.46. The number of halogens is 1. The minimum Gasteiger partial charge on any atom is -0.391 e. The van der Waals surface area contributed by atoms with Crippen molar-refractivity contribution in [3.63, 3.8) is 0 Å². The second kappa shape index (κ2) is 3.34. The predicted octanol–water partition coefficient (Wildman–Crippen LogP) is 1.45. The van der Waals surface area contributed by atoms with Crippen molar-refractivity contribution in [2.24, 2.45) is 0 Å². The first-order valence-electron chi connectivity index (χ1n) is 3.90. The van der Waals surface area contributed by atoms with Gasteiger partial charge in [0.1, 0.15) is 0 Å². The number of aliphatic hydroxyl groups is 1. The van der Waals surface area contributed by atoms with Crippen LogP contribution in [0.25, 0.3) is 0 Å². The molecule has 0 aromatic carbocycles. The molecule has 2 atom stereocenters. The monoisotopic (exact) mass is 203 g/mol. The summed E-state index contributed by atoms with van der Waals surface area (Å²) in [6, 6.07) is 1.88. The van der Waals surface area contributed by atoms with Gasteiger partial charge in [-0.1, -0.05) is 11.6 Å². The van der Waals surface area contributed by atoms with Crippen molar-refractivity contribution in [3.8, 4) is 0 Å². The zero-order chi connectivity index (χ0) is 8.55. The number of nitrogens with one attached hydrogen (secondary N) is 1. The van der Waals surface area contributed by atoms with Crippen molar-refractivity contribution >= 4 is 22.9 Å². The van der Waals surface area contributed by atoms with E-state index < -0.39 is 0 Å². The van der Waals surface area contributed by atoms with Crippen LogP contribution in [0, 0.1) is 0 Å². The molecule has 1 fully saturated rings. The lowest BCUT2D eigenvalue weighted by Crippen LogP contribution is -2.15. The van der Waals surface area contributed by atoms with Crippen LogP contribution in [0.15, 0.2) is 11.4 Å². The minimum absolute atomic E-state index is 0.192. The van der Waals surface area contributed by atoms with Crippen LogP contribution >= 0.6 is 22.9 Å². The molecule has 0 saturated carbocycles. The average molecular weight is 204 g/mol. The molecule has 1 saturated heterocycles. The van der Waals surface area contributed by atoms with E-state index in [-0.39, 0.29) is 12.0 Å². The van der Waals surface area contributed by atoms with Crippen molar-refractivity contribution in [2.75, 3.05) is 13.1 Å². The molecule has 1 aliphatic rings. The summed E-state index contributed by atoms with van der Waals surface area (Å²) < 4.78 is 0. The summed E-state index contributed by atoms with van der Waals surface area (Å²) in [6.07, 6.45) is -0.277. The van der Waals surface area contributed by atoms with E-state index in [1.54, 1.807) is 11.3 Å². The first-order valence-corrected chi connectivity index (χ1v) is 5.16. The average Bonchev–Trinajstić information content (AvgIpc) is 2.59. The van der Waals surface area contributed by atoms with Crippen molar-refractivity contribution in [1.82, 2.24) is 5.32 Å². The molecule has 2 N–H and O–H groups in total. The maximum atomic E-state index is 9.57. The van der Waals surface area contributed by atoms with Gasteiger partial charge in [-0.25, -0.2) is 0 Å². The number of rotatable bonds is 1. The van der Waals surface area contributed by atoms with E-state index in [0.717, 1.165) is 16.4 Å². The van der Waals surface area contributed by atoms with Gasteiger partial charge in [-0.2, -0.15) is 0 Å². The SMILES string of the molecule is O[C@@H]1CNC[C@H]1c1sccc1Cl. The van der Waals surface area contributed by atoms with Gasteiger partial charge in [0.05, 0.1) is 11.1 Å². The molecule has 2 heterocycles. The Labute approximate surface area is 80.2 Å². The number of aliphatic hydroxyl groups excluding tert-OH is 1. The Morgan fingerprint density at radius 3 is 2.92 bits per heavy atom. The van der Waals surface area contributed by atoms with E-state index >= 15 is 0 Å². The van der Waals surface area contributed by atoms with Gasteiger partial charge in [-0.3, -0.25) is 0 Å². The van der Waals surface area contributed by atoms with Crippen molar-refractivity contribution in [2.45, 2.75) is 12.0 Å². The molecule has 0 radical (unpaired) electrons. The molecule has 66 valence electrons. The maximum Gasteiger partial charge on any atom is 0.0753 e. The van der Waals surface area contributed by atoms with Gasteiger partial charge >= 0.3 is 0 Å². The van der Waals surface area contributed by atoms with Gasteiger partial charge in [-0.05, 0) is 11.4 Å². The highest BCUT2D eigenvalue weighted by Gasteiger charge is 2.28. The third kappa shape index (κ3) is 1.38. The molecule has 1 aliphatic heterocycles. The molecule has 0 amide bonds. The predicted molar refractivity (Wildman–Crippen MR) is 50.9 cm³/mol. The van der Waals surface area contributed by atoms with Crippen molar-refractivity contribution < 1.29 is 5.11 Å². The lowest BCUT2D eigenvalue weighted by atomic mass is 10.1. The number of hydrogen-bond donors (Lipinski definition) is 2. The molecule has 12 heavy (non-hydrogen) atoms. The first-order chi connectivity index (χ1) is 5.79. The summed E-state index contributed by atoms with van der Waals surface area (Å²) in [5.41, 5.74) is 0. The Bertz CT molecular complexity index is 276. The Morgan fingerprint density at radius 2 is 2.42 bits per heavy atom. The largest absolute Gasteiger partial charge is 0.391 e. The quantitative estimate of drug-likeness (QED) is 0.724. The van der Waals surface area contributed by atoms with E-state index in [1.807, 2.05) is 11.4 Å². The molecule has 2 nitrogen and oxygen atoms in total. The number of hydrogen-bond acceptors (Lipinski definition) is 3. The normalized spacial score (nSPS) is 29.5. The Hall–Kier alpha value is -0.0900. The first kappa shape index (κ1) is 8.51. The van der Waals surface area contributed by atoms with E-state index in [9.17, 15) is 5.11 Å². The van der Waals surface area contributed by atoms with Gasteiger partial charge < -0.3 is 10.4 Å². The molecule has 0 bridgehead atoms. The lowest BCUT2D eigenvalue weighted by molar-refractivity contribution is 0.179. The van der Waals surface area contributed by atoms with Gasteiger partial charge in [0.15, 0.2) is 0 Å². The van der Waals surface area contributed by atoms with Crippen LogP contribution in [0.5, 0.6) is 0 Å². The fourth-order valence-electron chi connectivity index (χ4n) is 1.50. The standard InChI is InChI=1S/C8H10ClNOS/c9-6-1-2-12-8(6)5-3-10-4-7(5)11/h1-2,5,7,10-11H,3-4H2/t5-,7-/m1/s1. The number of β-amino-alcohol motifs (C(OH)–C–C–N with tert-alkyl or cyclic N) is 1.